The van der Waals surface area contributed by atoms with Crippen molar-refractivity contribution in [2.45, 2.75) is 13.3 Å². The zero-order valence-electron chi connectivity index (χ0n) is 8.01. The lowest BCUT2D eigenvalue weighted by atomic mass is 10.3. The van der Waals surface area contributed by atoms with Gasteiger partial charge in [0.25, 0.3) is 5.91 Å². The van der Waals surface area contributed by atoms with Gasteiger partial charge in [-0.15, -0.1) is 5.10 Å². The molecule has 0 radical (unpaired) electrons. The van der Waals surface area contributed by atoms with Crippen molar-refractivity contribution in [2.24, 2.45) is 0 Å². The molecule has 0 aromatic carbocycles. The maximum atomic E-state index is 11.7. The van der Waals surface area contributed by atoms with Crippen LogP contribution in [-0.2, 0) is 0 Å². The molecule has 0 spiro atoms. The maximum Gasteiger partial charge on any atom is 0.267 e. The average molecular weight is 215 g/mol. The lowest BCUT2D eigenvalue weighted by Crippen LogP contribution is -2.31. The van der Waals surface area contributed by atoms with E-state index >= 15 is 0 Å². The summed E-state index contributed by atoms with van der Waals surface area (Å²) in [5.41, 5.74) is 0. The van der Waals surface area contributed by atoms with Gasteiger partial charge < -0.3 is 10.0 Å². The van der Waals surface area contributed by atoms with Gasteiger partial charge in [-0.2, -0.15) is 0 Å². The van der Waals surface area contributed by atoms with Gasteiger partial charge in [-0.3, -0.25) is 4.79 Å². The summed E-state index contributed by atoms with van der Waals surface area (Å²) in [4.78, 5) is 13.9. The van der Waals surface area contributed by atoms with E-state index in [0.29, 0.717) is 24.4 Å². The van der Waals surface area contributed by atoms with Crippen LogP contribution in [0.25, 0.3) is 0 Å². The Morgan fingerprint density at radius 2 is 2.50 bits per heavy atom. The number of aliphatic hydroxyl groups excluding tert-OH is 1. The molecule has 0 aliphatic carbocycles. The minimum atomic E-state index is -0.0593. The van der Waals surface area contributed by atoms with Gasteiger partial charge in [0.1, 0.15) is 4.88 Å². The van der Waals surface area contributed by atoms with E-state index < -0.39 is 0 Å². The zero-order valence-corrected chi connectivity index (χ0v) is 8.83. The van der Waals surface area contributed by atoms with Crippen molar-refractivity contribution < 1.29 is 9.90 Å². The molecule has 0 unspecified atom stereocenters. The van der Waals surface area contributed by atoms with Gasteiger partial charge in [0.15, 0.2) is 0 Å². The Morgan fingerprint density at radius 3 is 3.00 bits per heavy atom. The van der Waals surface area contributed by atoms with Crippen molar-refractivity contribution >= 4 is 17.4 Å². The Hall–Kier alpha value is -1.01. The Kier molecular flexibility index (Phi) is 4.48. The molecule has 1 heterocycles. The van der Waals surface area contributed by atoms with Crippen LogP contribution in [-0.4, -0.2) is 45.2 Å². The maximum absolute atomic E-state index is 11.7. The second kappa shape index (κ2) is 5.66. The molecule has 0 fully saturated rings. The molecule has 0 atom stereocenters. The molecule has 14 heavy (non-hydrogen) atoms. The smallest absolute Gasteiger partial charge is 0.267 e. The Labute approximate surface area is 86.5 Å². The van der Waals surface area contributed by atoms with Gasteiger partial charge in [0.05, 0.1) is 6.20 Å². The first-order valence-corrected chi connectivity index (χ1v) is 5.24. The third-order valence-electron chi connectivity index (χ3n) is 1.83. The summed E-state index contributed by atoms with van der Waals surface area (Å²) in [6.45, 7) is 3.22. The normalized spacial score (nSPS) is 10.1. The average Bonchev–Trinajstić information content (AvgIpc) is 2.71. The van der Waals surface area contributed by atoms with Gasteiger partial charge in [-0.05, 0) is 24.9 Å². The summed E-state index contributed by atoms with van der Waals surface area (Å²) in [5, 5.41) is 12.3. The molecule has 78 valence electrons. The summed E-state index contributed by atoms with van der Waals surface area (Å²) < 4.78 is 3.64. The van der Waals surface area contributed by atoms with Crippen LogP contribution >= 0.6 is 11.5 Å². The molecule has 0 saturated carbocycles. The molecule has 1 amide bonds. The van der Waals surface area contributed by atoms with Crippen molar-refractivity contribution in [3.63, 3.8) is 0 Å². The van der Waals surface area contributed by atoms with E-state index in [1.807, 2.05) is 6.92 Å². The Balaban J connectivity index is 2.56. The first-order valence-electron chi connectivity index (χ1n) is 4.47. The second-order valence-corrected chi connectivity index (χ2v) is 3.53. The second-order valence-electron chi connectivity index (χ2n) is 2.74. The molecule has 0 bridgehead atoms. The van der Waals surface area contributed by atoms with Crippen molar-refractivity contribution in [2.75, 3.05) is 19.7 Å². The van der Waals surface area contributed by atoms with Crippen molar-refractivity contribution in [1.82, 2.24) is 14.5 Å². The number of hydrogen-bond donors (Lipinski definition) is 1. The highest BCUT2D eigenvalue weighted by molar-refractivity contribution is 7.07. The predicted molar refractivity (Wildman–Crippen MR) is 53.2 cm³/mol. The number of rotatable bonds is 5. The first-order chi connectivity index (χ1) is 6.79. The molecule has 5 nitrogen and oxygen atoms in total. The number of carbonyl (C=O) groups excluding carboxylic acids is 1. The van der Waals surface area contributed by atoms with E-state index in [9.17, 15) is 4.79 Å². The number of carbonyl (C=O) groups is 1. The van der Waals surface area contributed by atoms with Crippen LogP contribution < -0.4 is 0 Å². The van der Waals surface area contributed by atoms with Crippen LogP contribution in [0.15, 0.2) is 6.20 Å². The van der Waals surface area contributed by atoms with E-state index in [2.05, 4.69) is 9.59 Å². The third-order valence-corrected chi connectivity index (χ3v) is 2.48. The lowest BCUT2D eigenvalue weighted by molar-refractivity contribution is 0.0759. The quantitative estimate of drug-likeness (QED) is 0.771. The van der Waals surface area contributed by atoms with Crippen LogP contribution in [0.4, 0.5) is 0 Å². The Bertz CT molecular complexity index is 276. The van der Waals surface area contributed by atoms with E-state index in [4.69, 9.17) is 5.11 Å². The SMILES string of the molecule is CCN(CCCO)C(=O)c1cnns1. The molecule has 1 aromatic heterocycles. The lowest BCUT2D eigenvalue weighted by Gasteiger charge is -2.18. The fraction of sp³-hybridized carbons (Fsp3) is 0.625. The minimum Gasteiger partial charge on any atom is -0.396 e. The molecule has 0 aliphatic rings. The fourth-order valence-corrected chi connectivity index (χ4v) is 1.57. The number of amides is 1. The fourth-order valence-electron chi connectivity index (χ4n) is 1.08. The van der Waals surface area contributed by atoms with E-state index in [-0.39, 0.29) is 12.5 Å². The van der Waals surface area contributed by atoms with Gasteiger partial charge >= 0.3 is 0 Å². The monoisotopic (exact) mass is 215 g/mol. The molecule has 6 heteroatoms. The zero-order chi connectivity index (χ0) is 10.4. The highest BCUT2D eigenvalue weighted by Gasteiger charge is 2.15. The van der Waals surface area contributed by atoms with Crippen LogP contribution in [0, 0.1) is 0 Å². The number of nitrogens with zero attached hydrogens (tertiary/aromatic N) is 3. The van der Waals surface area contributed by atoms with Crippen molar-refractivity contribution in [3.8, 4) is 0 Å². The van der Waals surface area contributed by atoms with Gasteiger partial charge in [0.2, 0.25) is 0 Å². The largest absolute Gasteiger partial charge is 0.396 e. The Morgan fingerprint density at radius 1 is 1.71 bits per heavy atom. The highest BCUT2D eigenvalue weighted by atomic mass is 32.1. The predicted octanol–water partition coefficient (Wildman–Crippen LogP) is 0.383. The van der Waals surface area contributed by atoms with Crippen molar-refractivity contribution in [1.29, 1.82) is 0 Å². The minimum absolute atomic E-state index is 0.0593. The molecule has 1 rings (SSSR count). The molecule has 0 saturated heterocycles. The van der Waals surface area contributed by atoms with Crippen LogP contribution in [0.2, 0.25) is 0 Å². The topological polar surface area (TPSA) is 66.3 Å². The van der Waals surface area contributed by atoms with Gasteiger partial charge in [-0.25, -0.2) is 0 Å². The number of aliphatic hydroxyl groups is 1. The van der Waals surface area contributed by atoms with Crippen LogP contribution in [0.1, 0.15) is 23.0 Å². The standard InChI is InChI=1S/C8H13N3O2S/c1-2-11(4-3-5-12)8(13)7-6-9-10-14-7/h6,12H,2-5H2,1H3. The summed E-state index contributed by atoms with van der Waals surface area (Å²) in [7, 11) is 0. The first kappa shape index (κ1) is 11.1. The molecule has 1 aromatic rings. The number of aromatic nitrogens is 2. The summed E-state index contributed by atoms with van der Waals surface area (Å²) in [6.07, 6.45) is 2.07. The number of hydrogen-bond acceptors (Lipinski definition) is 5. The van der Waals surface area contributed by atoms with E-state index in [1.54, 1.807) is 4.90 Å². The molecule has 0 aliphatic heterocycles. The highest BCUT2D eigenvalue weighted by Crippen LogP contribution is 2.07. The summed E-state index contributed by atoms with van der Waals surface area (Å²) in [6, 6.07) is 0. The summed E-state index contributed by atoms with van der Waals surface area (Å²) in [5.74, 6) is -0.0593. The van der Waals surface area contributed by atoms with E-state index in [1.165, 1.54) is 6.20 Å². The van der Waals surface area contributed by atoms with Crippen molar-refractivity contribution in [3.05, 3.63) is 11.1 Å². The molecular formula is C8H13N3O2S. The van der Waals surface area contributed by atoms with Crippen LogP contribution in [0.3, 0.4) is 0 Å². The van der Waals surface area contributed by atoms with Crippen LogP contribution in [0.5, 0.6) is 0 Å². The van der Waals surface area contributed by atoms with Gasteiger partial charge in [-0.1, -0.05) is 4.49 Å². The van der Waals surface area contributed by atoms with Gasteiger partial charge in [0, 0.05) is 19.7 Å². The summed E-state index contributed by atoms with van der Waals surface area (Å²) >= 11 is 1.09. The van der Waals surface area contributed by atoms with E-state index in [0.717, 1.165) is 11.5 Å². The molecular weight excluding hydrogens is 202 g/mol. The molecule has 1 N–H and O–H groups in total. The third kappa shape index (κ3) is 2.74.